The molecule has 0 saturated heterocycles. The number of halogens is 1. The van der Waals surface area contributed by atoms with E-state index in [0.29, 0.717) is 10.9 Å². The molecule has 4 nitrogen and oxygen atoms in total. The number of carbonyl (C=O) groups is 1. The van der Waals surface area contributed by atoms with Crippen LogP contribution in [-0.2, 0) is 10.3 Å². The fourth-order valence-electron chi connectivity index (χ4n) is 2.95. The summed E-state index contributed by atoms with van der Waals surface area (Å²) in [5.74, 6) is 0.467. The topological polar surface area (TPSA) is 38.1 Å². The third-order valence-electron chi connectivity index (χ3n) is 4.19. The Hall–Kier alpha value is -1.03. The van der Waals surface area contributed by atoms with Crippen LogP contribution in [0.15, 0.2) is 6.20 Å². The van der Waals surface area contributed by atoms with Gasteiger partial charge in [-0.25, -0.2) is 0 Å². The van der Waals surface area contributed by atoms with Crippen molar-refractivity contribution in [3.05, 3.63) is 16.9 Å². The van der Waals surface area contributed by atoms with E-state index in [0.717, 1.165) is 18.5 Å². The Morgan fingerprint density at radius 2 is 1.95 bits per heavy atom. The van der Waals surface area contributed by atoms with Crippen LogP contribution >= 0.6 is 11.6 Å². The van der Waals surface area contributed by atoms with E-state index in [2.05, 4.69) is 5.10 Å². The predicted molar refractivity (Wildman–Crippen MR) is 81.1 cm³/mol. The first kappa shape index (κ1) is 15.4. The number of likely N-dealkylation sites (N-methyl/N-ethyl adjacent to an activating group) is 1. The highest BCUT2D eigenvalue weighted by atomic mass is 35.5. The second-order valence-electron chi connectivity index (χ2n) is 6.40. The van der Waals surface area contributed by atoms with Crippen LogP contribution in [0.2, 0.25) is 5.02 Å². The third kappa shape index (κ3) is 2.85. The Morgan fingerprint density at radius 1 is 1.35 bits per heavy atom. The van der Waals surface area contributed by atoms with Crippen molar-refractivity contribution in [2.45, 2.75) is 57.4 Å². The van der Waals surface area contributed by atoms with Gasteiger partial charge in [-0.15, -0.1) is 0 Å². The largest absolute Gasteiger partial charge is 0.347 e. The Kier molecular flexibility index (Phi) is 4.43. The van der Waals surface area contributed by atoms with Gasteiger partial charge in [0, 0.05) is 26.2 Å². The SMILES string of the molecule is CN(C)C(=O)C(C)(C)n1cc(Cl)c(C2CCCCC2)n1. The Balaban J connectivity index is 2.28. The number of carbonyl (C=O) groups excluding carboxylic acids is 1. The summed E-state index contributed by atoms with van der Waals surface area (Å²) in [7, 11) is 3.52. The van der Waals surface area contributed by atoms with E-state index in [1.165, 1.54) is 19.3 Å². The number of amides is 1. The van der Waals surface area contributed by atoms with Crippen molar-refractivity contribution < 1.29 is 4.79 Å². The van der Waals surface area contributed by atoms with Gasteiger partial charge in [0.15, 0.2) is 0 Å². The van der Waals surface area contributed by atoms with Crippen LogP contribution in [0.1, 0.15) is 57.6 Å². The van der Waals surface area contributed by atoms with Crippen LogP contribution < -0.4 is 0 Å². The lowest BCUT2D eigenvalue weighted by atomic mass is 9.87. The van der Waals surface area contributed by atoms with Gasteiger partial charge in [0.2, 0.25) is 5.91 Å². The van der Waals surface area contributed by atoms with E-state index in [1.807, 2.05) is 13.8 Å². The summed E-state index contributed by atoms with van der Waals surface area (Å²) < 4.78 is 1.72. The molecule has 0 N–H and O–H groups in total. The highest BCUT2D eigenvalue weighted by Gasteiger charge is 2.34. The molecule has 1 fully saturated rings. The maximum atomic E-state index is 12.3. The van der Waals surface area contributed by atoms with Crippen LogP contribution in [0, 0.1) is 0 Å². The molecule has 20 heavy (non-hydrogen) atoms. The molecule has 1 aliphatic rings. The lowest BCUT2D eigenvalue weighted by molar-refractivity contribution is -0.137. The van der Waals surface area contributed by atoms with Gasteiger partial charge in [-0.2, -0.15) is 5.10 Å². The van der Waals surface area contributed by atoms with Gasteiger partial charge in [-0.1, -0.05) is 30.9 Å². The standard InChI is InChI=1S/C15H24ClN3O/c1-15(2,14(20)18(3)4)19-10-12(16)13(17-19)11-8-6-5-7-9-11/h10-11H,5-9H2,1-4H3. The van der Waals surface area contributed by atoms with Crippen molar-refractivity contribution in [2.24, 2.45) is 0 Å². The third-order valence-corrected chi connectivity index (χ3v) is 4.48. The van der Waals surface area contributed by atoms with E-state index < -0.39 is 5.54 Å². The van der Waals surface area contributed by atoms with Crippen molar-refractivity contribution >= 4 is 17.5 Å². The molecule has 0 radical (unpaired) electrons. The summed E-state index contributed by atoms with van der Waals surface area (Å²) in [6, 6.07) is 0. The van der Waals surface area contributed by atoms with E-state index in [9.17, 15) is 4.79 Å². The van der Waals surface area contributed by atoms with Crippen molar-refractivity contribution in [3.63, 3.8) is 0 Å². The molecule has 0 aromatic carbocycles. The summed E-state index contributed by atoms with van der Waals surface area (Å²) in [5.41, 5.74) is 0.256. The monoisotopic (exact) mass is 297 g/mol. The zero-order chi connectivity index (χ0) is 14.9. The van der Waals surface area contributed by atoms with Crippen molar-refractivity contribution in [3.8, 4) is 0 Å². The van der Waals surface area contributed by atoms with E-state index >= 15 is 0 Å². The number of aromatic nitrogens is 2. The minimum absolute atomic E-state index is 0.0202. The summed E-state index contributed by atoms with van der Waals surface area (Å²) in [4.78, 5) is 13.9. The fraction of sp³-hybridized carbons (Fsp3) is 0.733. The van der Waals surface area contributed by atoms with E-state index in [-0.39, 0.29) is 5.91 Å². The fourth-order valence-corrected chi connectivity index (χ4v) is 3.23. The van der Waals surface area contributed by atoms with Gasteiger partial charge in [-0.3, -0.25) is 9.48 Å². The minimum Gasteiger partial charge on any atom is -0.347 e. The zero-order valence-electron chi connectivity index (χ0n) is 12.8. The number of nitrogens with zero attached hydrogens (tertiary/aromatic N) is 3. The molecule has 0 bridgehead atoms. The number of hydrogen-bond donors (Lipinski definition) is 0. The molecule has 1 aliphatic carbocycles. The summed E-state index contributed by atoms with van der Waals surface area (Å²) >= 11 is 6.36. The molecular formula is C15H24ClN3O. The number of rotatable bonds is 3. The Labute approximate surface area is 126 Å². The van der Waals surface area contributed by atoms with Gasteiger partial charge in [-0.05, 0) is 26.7 Å². The Morgan fingerprint density at radius 3 is 2.50 bits per heavy atom. The molecule has 0 aliphatic heterocycles. The highest BCUT2D eigenvalue weighted by molar-refractivity contribution is 6.31. The maximum Gasteiger partial charge on any atom is 0.249 e. The highest BCUT2D eigenvalue weighted by Crippen LogP contribution is 2.36. The Bertz CT molecular complexity index is 487. The summed E-state index contributed by atoms with van der Waals surface area (Å²) in [6.45, 7) is 3.76. The maximum absolute atomic E-state index is 12.3. The van der Waals surface area contributed by atoms with E-state index in [4.69, 9.17) is 11.6 Å². The predicted octanol–water partition coefficient (Wildman–Crippen LogP) is 3.41. The molecule has 1 amide bonds. The second kappa shape index (κ2) is 5.76. The molecule has 1 saturated carbocycles. The van der Waals surface area contributed by atoms with Gasteiger partial charge in [0.1, 0.15) is 5.54 Å². The van der Waals surface area contributed by atoms with Crippen LogP contribution in [0.5, 0.6) is 0 Å². The van der Waals surface area contributed by atoms with Crippen LogP contribution in [0.25, 0.3) is 0 Å². The average molecular weight is 298 g/mol. The first-order valence-electron chi connectivity index (χ1n) is 7.31. The van der Waals surface area contributed by atoms with Crippen LogP contribution in [0.4, 0.5) is 0 Å². The van der Waals surface area contributed by atoms with Gasteiger partial charge in [0.25, 0.3) is 0 Å². The second-order valence-corrected chi connectivity index (χ2v) is 6.81. The first-order valence-corrected chi connectivity index (χ1v) is 7.69. The molecule has 112 valence electrons. The molecule has 5 heteroatoms. The molecule has 0 unspecified atom stereocenters. The van der Waals surface area contributed by atoms with Crippen molar-refractivity contribution in [1.29, 1.82) is 0 Å². The van der Waals surface area contributed by atoms with Gasteiger partial charge in [0.05, 0.1) is 10.7 Å². The van der Waals surface area contributed by atoms with Crippen LogP contribution in [-0.4, -0.2) is 34.7 Å². The van der Waals surface area contributed by atoms with Crippen molar-refractivity contribution in [1.82, 2.24) is 14.7 Å². The summed E-state index contributed by atoms with van der Waals surface area (Å²) in [5, 5.41) is 5.34. The lowest BCUT2D eigenvalue weighted by Gasteiger charge is -2.27. The first-order chi connectivity index (χ1) is 9.34. The number of hydrogen-bond acceptors (Lipinski definition) is 2. The van der Waals surface area contributed by atoms with E-state index in [1.54, 1.807) is 29.9 Å². The molecular weight excluding hydrogens is 274 g/mol. The lowest BCUT2D eigenvalue weighted by Crippen LogP contribution is -2.44. The van der Waals surface area contributed by atoms with Gasteiger partial charge < -0.3 is 4.90 Å². The smallest absolute Gasteiger partial charge is 0.249 e. The molecule has 0 atom stereocenters. The molecule has 1 aromatic rings. The molecule has 1 heterocycles. The average Bonchev–Trinajstić information content (AvgIpc) is 2.81. The van der Waals surface area contributed by atoms with Crippen LogP contribution in [0.3, 0.4) is 0 Å². The normalized spacial score (nSPS) is 17.2. The minimum atomic E-state index is -0.708. The van der Waals surface area contributed by atoms with Gasteiger partial charge >= 0.3 is 0 Å². The molecule has 2 rings (SSSR count). The zero-order valence-corrected chi connectivity index (χ0v) is 13.6. The summed E-state index contributed by atoms with van der Waals surface area (Å²) in [6.07, 6.45) is 7.89. The molecule has 1 aromatic heterocycles. The van der Waals surface area contributed by atoms with Crippen molar-refractivity contribution in [2.75, 3.05) is 14.1 Å². The quantitative estimate of drug-likeness (QED) is 0.857. The molecule has 0 spiro atoms.